The number of hydroxylamine groups is 1. The molecule has 0 fully saturated rings. The second-order valence-corrected chi connectivity index (χ2v) is 11.6. The second-order valence-electron chi connectivity index (χ2n) is 10.5. The molecule has 1 aliphatic heterocycles. The summed E-state index contributed by atoms with van der Waals surface area (Å²) in [5.74, 6) is -5.94. The molecule has 13 heteroatoms. The van der Waals surface area contributed by atoms with Crippen molar-refractivity contribution in [3.8, 4) is 0 Å². The number of carbonyl (C=O) groups excluding carboxylic acids is 5. The van der Waals surface area contributed by atoms with Crippen LogP contribution in [0.4, 0.5) is 0 Å². The summed E-state index contributed by atoms with van der Waals surface area (Å²) in [5, 5.41) is 15.0. The zero-order chi connectivity index (χ0) is 30.8. The van der Waals surface area contributed by atoms with Crippen molar-refractivity contribution in [2.75, 3.05) is 18.8 Å². The highest BCUT2D eigenvalue weighted by Gasteiger charge is 2.42. The van der Waals surface area contributed by atoms with Crippen molar-refractivity contribution in [1.29, 1.82) is 0 Å². The number of nitrogens with one attached hydrogen (secondary N) is 3. The fraction of sp³-hybridized carbons (Fsp3) is 0.414. The molecular weight excluding hydrogens is 564 g/mol. The molecule has 0 radical (unpaired) electrons. The Kier molecular flexibility index (Phi) is 11.9. The molecule has 0 saturated heterocycles. The van der Waals surface area contributed by atoms with Crippen LogP contribution in [0, 0.1) is 17.8 Å². The Balaban J connectivity index is 1.86. The van der Waals surface area contributed by atoms with Crippen molar-refractivity contribution in [2.24, 2.45) is 17.8 Å². The first-order valence-corrected chi connectivity index (χ1v) is 14.9. The molecule has 2 aromatic carbocycles. The van der Waals surface area contributed by atoms with Crippen LogP contribution in [-0.2, 0) is 31.9 Å². The number of imide groups is 1. The number of hydrogen-bond donors (Lipinski definition) is 5. The van der Waals surface area contributed by atoms with Crippen LogP contribution in [0.1, 0.15) is 53.0 Å². The van der Waals surface area contributed by atoms with Crippen LogP contribution in [0.5, 0.6) is 0 Å². The zero-order valence-corrected chi connectivity index (χ0v) is 24.3. The van der Waals surface area contributed by atoms with Gasteiger partial charge in [0.15, 0.2) is 11.1 Å². The highest BCUT2D eigenvalue weighted by Crippen LogP contribution is 2.28. The first-order chi connectivity index (χ1) is 20.0. The van der Waals surface area contributed by atoms with E-state index in [9.17, 15) is 33.4 Å². The maximum absolute atomic E-state index is 13.8. The lowest BCUT2D eigenvalue weighted by Gasteiger charge is -2.30. The van der Waals surface area contributed by atoms with E-state index in [1.54, 1.807) is 41.9 Å². The molecule has 0 spiro atoms. The minimum absolute atomic E-state index is 0.0256. The predicted octanol–water partition coefficient (Wildman–Crippen LogP) is 1.52. The second kappa shape index (κ2) is 15.3. The highest BCUT2D eigenvalue weighted by atomic mass is 32.2. The molecule has 3 rings (SSSR count). The summed E-state index contributed by atoms with van der Waals surface area (Å²) in [6.45, 7) is 3.30. The molecule has 1 aliphatic rings. The maximum atomic E-state index is 13.8. The van der Waals surface area contributed by atoms with Gasteiger partial charge in [-0.25, -0.2) is 9.69 Å². The first kappa shape index (κ1) is 32.6. The van der Waals surface area contributed by atoms with E-state index in [1.165, 1.54) is 12.1 Å². The Bertz CT molecular complexity index is 1280. The summed E-state index contributed by atoms with van der Waals surface area (Å²) in [4.78, 5) is 66.8. The summed E-state index contributed by atoms with van der Waals surface area (Å²) in [6.07, 6.45) is 0.513. The van der Waals surface area contributed by atoms with Gasteiger partial charge in [0.05, 0.1) is 28.7 Å². The summed E-state index contributed by atoms with van der Waals surface area (Å²) >= 11 is -2.01. The Morgan fingerprint density at radius 1 is 0.881 bits per heavy atom. The molecule has 3 unspecified atom stereocenters. The summed E-state index contributed by atoms with van der Waals surface area (Å²) in [6, 6.07) is 14.1. The minimum Gasteiger partial charge on any atom is -0.354 e. The quantitative estimate of drug-likeness (QED) is 0.0670. The fourth-order valence-electron chi connectivity index (χ4n) is 4.91. The molecule has 2 aromatic rings. The molecule has 4 atom stereocenters. The van der Waals surface area contributed by atoms with Gasteiger partial charge in [-0.3, -0.25) is 34.1 Å². The van der Waals surface area contributed by atoms with Crippen molar-refractivity contribution in [1.82, 2.24) is 21.0 Å². The van der Waals surface area contributed by atoms with E-state index in [1.807, 2.05) is 19.9 Å². The Hall–Kier alpha value is -3.94. The van der Waals surface area contributed by atoms with E-state index in [4.69, 9.17) is 4.55 Å². The maximum Gasteiger partial charge on any atom is 0.261 e. The van der Waals surface area contributed by atoms with Gasteiger partial charge < -0.3 is 15.2 Å². The summed E-state index contributed by atoms with van der Waals surface area (Å²) in [7, 11) is 0. The third-order valence-corrected chi connectivity index (χ3v) is 7.60. The molecule has 226 valence electrons. The van der Waals surface area contributed by atoms with Crippen LogP contribution in [0.25, 0.3) is 0 Å². The van der Waals surface area contributed by atoms with Crippen molar-refractivity contribution in [3.05, 3.63) is 71.3 Å². The molecule has 5 amide bonds. The topological polar surface area (TPSA) is 182 Å². The van der Waals surface area contributed by atoms with Gasteiger partial charge in [0.2, 0.25) is 17.7 Å². The molecule has 1 heterocycles. The average Bonchev–Trinajstić information content (AvgIpc) is 3.21. The molecule has 0 saturated carbocycles. The standard InChI is InChI=1S/C29H36N4O8S/c1-18(2)15-22(23(26(35)32-39)17-33-28(37)20-11-6-7-12-21(20)29(33)38)25(34)31-24(16-19-9-4-3-5-10-19)27(36)30-13-8-14-42(40)41/h3-7,9-12,18,22-24,39H,8,13-17H2,1-2H3,(H,30,36)(H,31,34)(H,32,35)(H,40,41)/t22?,23?,24-/m0/s1. The Morgan fingerprint density at radius 3 is 2.02 bits per heavy atom. The fourth-order valence-corrected chi connectivity index (χ4v) is 5.30. The molecule has 0 bridgehead atoms. The Morgan fingerprint density at radius 2 is 1.48 bits per heavy atom. The van der Waals surface area contributed by atoms with Gasteiger partial charge in [0.25, 0.3) is 11.8 Å². The van der Waals surface area contributed by atoms with E-state index in [-0.39, 0.29) is 48.6 Å². The van der Waals surface area contributed by atoms with E-state index in [0.717, 1.165) is 10.5 Å². The van der Waals surface area contributed by atoms with Crippen molar-refractivity contribution < 1.29 is 37.9 Å². The number of carbonyl (C=O) groups is 5. The number of nitrogens with zero attached hydrogens (tertiary/aromatic N) is 1. The van der Waals surface area contributed by atoms with Crippen LogP contribution in [-0.4, -0.2) is 73.3 Å². The van der Waals surface area contributed by atoms with Gasteiger partial charge in [0.1, 0.15) is 6.04 Å². The number of rotatable bonds is 15. The predicted molar refractivity (Wildman–Crippen MR) is 154 cm³/mol. The molecule has 5 N–H and O–H groups in total. The Labute approximate surface area is 246 Å². The van der Waals surface area contributed by atoms with Crippen LogP contribution in [0.15, 0.2) is 54.6 Å². The van der Waals surface area contributed by atoms with Crippen LogP contribution >= 0.6 is 0 Å². The molecular formula is C29H36N4O8S. The van der Waals surface area contributed by atoms with Crippen LogP contribution < -0.4 is 16.1 Å². The highest BCUT2D eigenvalue weighted by molar-refractivity contribution is 7.79. The van der Waals surface area contributed by atoms with E-state index in [2.05, 4.69) is 10.6 Å². The van der Waals surface area contributed by atoms with E-state index >= 15 is 0 Å². The van der Waals surface area contributed by atoms with Gasteiger partial charge in [-0.1, -0.05) is 56.3 Å². The summed E-state index contributed by atoms with van der Waals surface area (Å²) in [5.41, 5.74) is 2.68. The third kappa shape index (κ3) is 8.54. The first-order valence-electron chi connectivity index (χ1n) is 13.6. The monoisotopic (exact) mass is 600 g/mol. The summed E-state index contributed by atoms with van der Waals surface area (Å²) < 4.78 is 19.9. The molecule has 0 aromatic heterocycles. The van der Waals surface area contributed by atoms with Crippen molar-refractivity contribution >= 4 is 40.6 Å². The molecule has 42 heavy (non-hydrogen) atoms. The number of amides is 5. The van der Waals surface area contributed by atoms with Gasteiger partial charge in [0, 0.05) is 19.5 Å². The van der Waals surface area contributed by atoms with Crippen LogP contribution in [0.2, 0.25) is 0 Å². The van der Waals surface area contributed by atoms with E-state index < -0.39 is 65.0 Å². The van der Waals surface area contributed by atoms with Crippen molar-refractivity contribution in [3.63, 3.8) is 0 Å². The SMILES string of the molecule is CC(C)CC(C(=O)N[C@@H](Cc1ccccc1)C(=O)NCCCS(=O)O)C(CN1C(=O)c2ccccc2C1=O)C(=O)NO. The lowest BCUT2D eigenvalue weighted by atomic mass is 9.83. The normalized spacial score (nSPS) is 15.5. The van der Waals surface area contributed by atoms with Gasteiger partial charge in [-0.15, -0.1) is 0 Å². The smallest absolute Gasteiger partial charge is 0.261 e. The third-order valence-electron chi connectivity index (χ3n) is 6.96. The van der Waals surface area contributed by atoms with Crippen molar-refractivity contribution in [2.45, 2.75) is 39.2 Å². The van der Waals surface area contributed by atoms with Gasteiger partial charge in [-0.05, 0) is 36.5 Å². The average molecular weight is 601 g/mol. The van der Waals surface area contributed by atoms with Gasteiger partial charge in [-0.2, -0.15) is 0 Å². The minimum atomic E-state index is -2.01. The lowest BCUT2D eigenvalue weighted by Crippen LogP contribution is -2.53. The van der Waals surface area contributed by atoms with Crippen LogP contribution in [0.3, 0.4) is 0 Å². The lowest BCUT2D eigenvalue weighted by molar-refractivity contribution is -0.142. The van der Waals surface area contributed by atoms with Gasteiger partial charge >= 0.3 is 0 Å². The zero-order valence-electron chi connectivity index (χ0n) is 23.4. The largest absolute Gasteiger partial charge is 0.354 e. The number of fused-ring (bicyclic) bond motifs is 1. The number of hydrogen-bond acceptors (Lipinski definition) is 7. The van der Waals surface area contributed by atoms with E-state index in [0.29, 0.717) is 0 Å². The molecule has 0 aliphatic carbocycles. The number of benzene rings is 2. The molecule has 12 nitrogen and oxygen atoms in total.